The van der Waals surface area contributed by atoms with Gasteiger partial charge in [0.05, 0.1) is 6.04 Å². The summed E-state index contributed by atoms with van der Waals surface area (Å²) in [6.45, 7) is 11.3. The monoisotopic (exact) mass is 370 g/mol. The summed E-state index contributed by atoms with van der Waals surface area (Å²) in [5.74, 6) is 2.14. The molecule has 1 aromatic carbocycles. The first kappa shape index (κ1) is 19.5. The van der Waals surface area contributed by atoms with Gasteiger partial charge in [0.1, 0.15) is 12.7 Å². The molecule has 1 aliphatic heterocycles. The van der Waals surface area contributed by atoms with E-state index in [4.69, 9.17) is 9.72 Å². The Morgan fingerprint density at radius 1 is 1.19 bits per heavy atom. The maximum atomic E-state index is 12.7. The van der Waals surface area contributed by atoms with E-state index in [1.54, 1.807) is 0 Å². The van der Waals surface area contributed by atoms with Gasteiger partial charge in [-0.1, -0.05) is 44.2 Å². The van der Waals surface area contributed by atoms with Gasteiger partial charge in [0.25, 0.3) is 0 Å². The van der Waals surface area contributed by atoms with Gasteiger partial charge in [-0.3, -0.25) is 4.79 Å². The van der Waals surface area contributed by atoms with Crippen LogP contribution in [0.1, 0.15) is 64.0 Å². The predicted molar refractivity (Wildman–Crippen MR) is 104 cm³/mol. The van der Waals surface area contributed by atoms with Crippen molar-refractivity contribution in [3.05, 3.63) is 47.5 Å². The van der Waals surface area contributed by atoms with Crippen LogP contribution in [0.15, 0.2) is 30.3 Å². The van der Waals surface area contributed by atoms with Crippen LogP contribution in [0.3, 0.4) is 0 Å². The number of benzene rings is 1. The second-order valence-electron chi connectivity index (χ2n) is 7.78. The molecule has 3 rings (SSSR count). The number of ether oxygens (including phenoxy) is 1. The van der Waals surface area contributed by atoms with Crippen molar-refractivity contribution >= 4 is 5.91 Å². The second-order valence-corrected chi connectivity index (χ2v) is 7.78. The average Bonchev–Trinajstić information content (AvgIpc) is 3.03. The first-order chi connectivity index (χ1) is 12.9. The average molecular weight is 370 g/mol. The van der Waals surface area contributed by atoms with E-state index in [9.17, 15) is 4.79 Å². The molecule has 1 saturated heterocycles. The lowest BCUT2D eigenvalue weighted by atomic mass is 9.95. The minimum absolute atomic E-state index is 0.0140. The summed E-state index contributed by atoms with van der Waals surface area (Å²) < 4.78 is 7.99. The van der Waals surface area contributed by atoms with Crippen molar-refractivity contribution in [1.82, 2.24) is 19.7 Å². The van der Waals surface area contributed by atoms with E-state index in [0.717, 1.165) is 30.2 Å². The first-order valence-corrected chi connectivity index (χ1v) is 9.83. The number of amides is 1. The number of nitrogens with zero attached hydrogens (tertiary/aromatic N) is 4. The predicted octanol–water partition coefficient (Wildman–Crippen LogP) is 3.55. The highest BCUT2D eigenvalue weighted by Crippen LogP contribution is 2.40. The highest BCUT2D eigenvalue weighted by molar-refractivity contribution is 5.79. The highest BCUT2D eigenvalue weighted by Gasteiger charge is 2.42. The first-order valence-electron chi connectivity index (χ1n) is 9.83. The number of hydrogen-bond acceptors (Lipinski definition) is 4. The van der Waals surface area contributed by atoms with Crippen molar-refractivity contribution < 1.29 is 9.53 Å². The number of carbonyl (C=O) groups excluding carboxylic acids is 1. The van der Waals surface area contributed by atoms with Gasteiger partial charge in [-0.05, 0) is 32.3 Å². The summed E-state index contributed by atoms with van der Waals surface area (Å²) in [6, 6.07) is 9.94. The van der Waals surface area contributed by atoms with Gasteiger partial charge in [-0.25, -0.2) is 9.67 Å². The van der Waals surface area contributed by atoms with E-state index in [0.29, 0.717) is 5.92 Å². The molecule has 27 heavy (non-hydrogen) atoms. The summed E-state index contributed by atoms with van der Waals surface area (Å²) in [7, 11) is 0. The van der Waals surface area contributed by atoms with Gasteiger partial charge >= 0.3 is 0 Å². The topological polar surface area (TPSA) is 60.2 Å². The molecule has 0 bridgehead atoms. The van der Waals surface area contributed by atoms with E-state index in [2.05, 4.69) is 38.0 Å². The molecular weight excluding hydrogens is 340 g/mol. The zero-order chi connectivity index (χ0) is 19.6. The lowest BCUT2D eigenvalue weighted by molar-refractivity contribution is -0.162. The van der Waals surface area contributed by atoms with Gasteiger partial charge < -0.3 is 9.64 Å². The summed E-state index contributed by atoms with van der Waals surface area (Å²) in [6.07, 6.45) is 0.496. The Hall–Kier alpha value is -2.21. The molecular formula is C21H30N4O2. The SMILES string of the molecule is CCn1nc(CC(C)C)nc1[C@H]1OCC(=O)N(C(C)C)[C@@H]1c1ccccc1. The highest BCUT2D eigenvalue weighted by atomic mass is 16.5. The molecule has 2 aromatic rings. The van der Waals surface area contributed by atoms with Crippen molar-refractivity contribution in [3.63, 3.8) is 0 Å². The largest absolute Gasteiger partial charge is 0.358 e. The van der Waals surface area contributed by atoms with Crippen LogP contribution in [0.25, 0.3) is 0 Å². The summed E-state index contributed by atoms with van der Waals surface area (Å²) in [4.78, 5) is 19.4. The van der Waals surface area contributed by atoms with Crippen LogP contribution in [0.2, 0.25) is 0 Å². The summed E-state index contributed by atoms with van der Waals surface area (Å²) in [5.41, 5.74) is 1.06. The molecule has 1 aromatic heterocycles. The number of morpholine rings is 1. The van der Waals surface area contributed by atoms with Crippen LogP contribution in [-0.2, 0) is 22.5 Å². The fourth-order valence-electron chi connectivity index (χ4n) is 3.74. The zero-order valence-electron chi connectivity index (χ0n) is 16.9. The summed E-state index contributed by atoms with van der Waals surface area (Å²) >= 11 is 0. The smallest absolute Gasteiger partial charge is 0.249 e. The molecule has 6 nitrogen and oxygen atoms in total. The maximum absolute atomic E-state index is 12.7. The lowest BCUT2D eigenvalue weighted by Crippen LogP contribution is -2.49. The number of carbonyl (C=O) groups is 1. The van der Waals surface area contributed by atoms with Gasteiger partial charge in [-0.2, -0.15) is 5.10 Å². The molecule has 1 amide bonds. The van der Waals surface area contributed by atoms with Crippen molar-refractivity contribution in [2.75, 3.05) is 6.61 Å². The van der Waals surface area contributed by atoms with Crippen molar-refractivity contribution in [1.29, 1.82) is 0 Å². The Labute approximate surface area is 161 Å². The molecule has 0 radical (unpaired) electrons. The zero-order valence-corrected chi connectivity index (χ0v) is 16.9. The summed E-state index contributed by atoms with van der Waals surface area (Å²) in [5, 5.41) is 4.68. The van der Waals surface area contributed by atoms with E-state index in [1.807, 2.05) is 41.6 Å². The normalized spacial score (nSPS) is 20.7. The lowest BCUT2D eigenvalue weighted by Gasteiger charge is -2.43. The number of hydrogen-bond donors (Lipinski definition) is 0. The molecule has 6 heteroatoms. The minimum Gasteiger partial charge on any atom is -0.358 e. The Kier molecular flexibility index (Phi) is 5.95. The van der Waals surface area contributed by atoms with E-state index in [1.165, 1.54) is 0 Å². The van der Waals surface area contributed by atoms with E-state index in [-0.39, 0.29) is 30.7 Å². The molecule has 0 N–H and O–H groups in total. The maximum Gasteiger partial charge on any atom is 0.249 e. The van der Waals surface area contributed by atoms with Gasteiger partial charge in [-0.15, -0.1) is 0 Å². The third kappa shape index (κ3) is 4.05. The molecule has 0 aliphatic carbocycles. The minimum atomic E-state index is -0.333. The number of aromatic nitrogens is 3. The second kappa shape index (κ2) is 8.21. The standard InChI is InChI=1S/C21H30N4O2/c1-6-24-21(22-17(23-24)12-14(2)3)20-19(16-10-8-7-9-11-16)25(15(4)5)18(26)13-27-20/h7-11,14-15,19-20H,6,12-13H2,1-5H3/t19-,20+/m1/s1. The molecule has 2 heterocycles. The van der Waals surface area contributed by atoms with Crippen molar-refractivity contribution in [2.24, 2.45) is 5.92 Å². The number of rotatable bonds is 6. The molecule has 2 atom stereocenters. The molecule has 146 valence electrons. The van der Waals surface area contributed by atoms with Crippen molar-refractivity contribution in [3.8, 4) is 0 Å². The molecule has 1 aliphatic rings. The molecule has 0 unspecified atom stereocenters. The Bertz CT molecular complexity index is 770. The van der Waals surface area contributed by atoms with Crippen LogP contribution >= 0.6 is 0 Å². The Morgan fingerprint density at radius 2 is 1.89 bits per heavy atom. The molecule has 0 saturated carbocycles. The van der Waals surface area contributed by atoms with E-state index >= 15 is 0 Å². The van der Waals surface area contributed by atoms with Crippen LogP contribution in [0.4, 0.5) is 0 Å². The van der Waals surface area contributed by atoms with Crippen LogP contribution < -0.4 is 0 Å². The van der Waals surface area contributed by atoms with Gasteiger partial charge in [0.2, 0.25) is 5.91 Å². The van der Waals surface area contributed by atoms with Crippen molar-refractivity contribution in [2.45, 2.75) is 65.8 Å². The van der Waals surface area contributed by atoms with Gasteiger partial charge in [0.15, 0.2) is 11.6 Å². The molecule has 0 spiro atoms. The Morgan fingerprint density at radius 3 is 2.48 bits per heavy atom. The third-order valence-electron chi connectivity index (χ3n) is 4.85. The fraction of sp³-hybridized carbons (Fsp3) is 0.571. The third-order valence-corrected chi connectivity index (χ3v) is 4.85. The van der Waals surface area contributed by atoms with Crippen LogP contribution in [0.5, 0.6) is 0 Å². The van der Waals surface area contributed by atoms with Crippen LogP contribution in [0, 0.1) is 5.92 Å². The van der Waals surface area contributed by atoms with Gasteiger partial charge in [0, 0.05) is 19.0 Å². The quantitative estimate of drug-likeness (QED) is 0.780. The molecule has 1 fully saturated rings. The Balaban J connectivity index is 2.06. The van der Waals surface area contributed by atoms with Crippen LogP contribution in [-0.4, -0.2) is 38.2 Å². The number of aryl methyl sites for hydroxylation is 1. The van der Waals surface area contributed by atoms with E-state index < -0.39 is 0 Å². The fourth-order valence-corrected chi connectivity index (χ4v) is 3.74.